The summed E-state index contributed by atoms with van der Waals surface area (Å²) in [5.41, 5.74) is 0.484. The Kier molecular flexibility index (Phi) is 9.36. The van der Waals surface area contributed by atoms with Crippen LogP contribution in [0.1, 0.15) is 76.7 Å². The summed E-state index contributed by atoms with van der Waals surface area (Å²) in [6.07, 6.45) is -3.46. The number of amides is 2. The lowest BCUT2D eigenvalue weighted by Crippen LogP contribution is -2.41. The highest BCUT2D eigenvalue weighted by Gasteiger charge is 2.53. The van der Waals surface area contributed by atoms with Gasteiger partial charge in [-0.05, 0) is 58.2 Å². The maximum atomic E-state index is 13.9. The first kappa shape index (κ1) is 28.4. The van der Waals surface area contributed by atoms with Crippen LogP contribution in [0, 0.1) is 0 Å². The first-order chi connectivity index (χ1) is 16.9. The number of benzene rings is 2. The summed E-state index contributed by atoms with van der Waals surface area (Å²) in [5.74, 6) is -0.468. The number of alkyl halides is 2. The molecule has 2 aromatic carbocycles. The smallest absolute Gasteiger partial charge is 0.418 e. The van der Waals surface area contributed by atoms with E-state index in [2.05, 4.69) is 0 Å². The lowest BCUT2D eigenvalue weighted by molar-refractivity contribution is -0.129. The van der Waals surface area contributed by atoms with Crippen LogP contribution in [0.4, 0.5) is 13.6 Å². The molecular weight excluding hydrogens is 509 g/mol. The number of hydrogen-bond donors (Lipinski definition) is 0. The van der Waals surface area contributed by atoms with E-state index in [4.69, 9.17) is 27.9 Å². The second-order valence-electron chi connectivity index (χ2n) is 9.92. The number of carbonyl (C=O) groups is 2. The maximum absolute atomic E-state index is 13.9. The van der Waals surface area contributed by atoms with E-state index in [-0.39, 0.29) is 18.9 Å². The molecule has 5 nitrogen and oxygen atoms in total. The lowest BCUT2D eigenvalue weighted by Gasteiger charge is -2.36. The monoisotopic (exact) mass is 540 g/mol. The number of halogens is 4. The van der Waals surface area contributed by atoms with Crippen LogP contribution in [-0.4, -0.2) is 39.9 Å². The Hall–Kier alpha value is -2.22. The van der Waals surface area contributed by atoms with Crippen LogP contribution < -0.4 is 0 Å². The van der Waals surface area contributed by atoms with Crippen molar-refractivity contribution in [2.24, 2.45) is 0 Å². The van der Waals surface area contributed by atoms with Crippen LogP contribution in [0.5, 0.6) is 0 Å². The van der Waals surface area contributed by atoms with Gasteiger partial charge in [0.2, 0.25) is 6.43 Å². The number of carbonyl (C=O) groups excluding carboxylic acids is 2. The zero-order valence-electron chi connectivity index (χ0n) is 20.9. The van der Waals surface area contributed by atoms with Crippen molar-refractivity contribution in [3.8, 4) is 0 Å². The summed E-state index contributed by atoms with van der Waals surface area (Å²) in [4.78, 5) is 30.3. The summed E-state index contributed by atoms with van der Waals surface area (Å²) in [5, 5.41) is 0.606. The number of rotatable bonds is 8. The second-order valence-corrected chi connectivity index (χ2v) is 10.7. The molecule has 1 saturated heterocycles. The molecule has 0 spiro atoms. The third-order valence-corrected chi connectivity index (χ3v) is 6.80. The van der Waals surface area contributed by atoms with Gasteiger partial charge in [-0.15, -0.1) is 0 Å². The molecule has 0 bridgehead atoms. The SMILES string of the molecule is CC(c1ccccc1)N1C(CCCCC(F)F)C(=O)N(C(=O)OC(C)(C)C)C1c1c(Cl)cccc1Cl. The Morgan fingerprint density at radius 2 is 1.64 bits per heavy atom. The van der Waals surface area contributed by atoms with Crippen molar-refractivity contribution in [1.29, 1.82) is 0 Å². The fourth-order valence-electron chi connectivity index (χ4n) is 4.54. The first-order valence-corrected chi connectivity index (χ1v) is 12.8. The topological polar surface area (TPSA) is 49.9 Å². The Balaban J connectivity index is 2.13. The fourth-order valence-corrected chi connectivity index (χ4v) is 5.14. The van der Waals surface area contributed by atoms with Crippen molar-refractivity contribution in [2.75, 3.05) is 0 Å². The van der Waals surface area contributed by atoms with Crippen LogP contribution in [0.15, 0.2) is 48.5 Å². The average Bonchev–Trinajstić information content (AvgIpc) is 3.07. The van der Waals surface area contributed by atoms with Crippen LogP contribution in [0.2, 0.25) is 10.0 Å². The van der Waals surface area contributed by atoms with E-state index >= 15 is 0 Å². The minimum atomic E-state index is -2.41. The summed E-state index contributed by atoms with van der Waals surface area (Å²) >= 11 is 13.2. The quantitative estimate of drug-likeness (QED) is 0.318. The number of hydrogen-bond acceptors (Lipinski definition) is 4. The highest BCUT2D eigenvalue weighted by Crippen LogP contribution is 2.47. The predicted octanol–water partition coefficient (Wildman–Crippen LogP) is 8.03. The Labute approximate surface area is 221 Å². The molecule has 1 aliphatic rings. The minimum Gasteiger partial charge on any atom is -0.443 e. The summed E-state index contributed by atoms with van der Waals surface area (Å²) < 4.78 is 31.1. The summed E-state index contributed by atoms with van der Waals surface area (Å²) in [6, 6.07) is 13.5. The lowest BCUT2D eigenvalue weighted by atomic mass is 10.0. The largest absolute Gasteiger partial charge is 0.443 e. The molecule has 0 radical (unpaired) electrons. The fraction of sp³-hybridized carbons (Fsp3) is 0.481. The first-order valence-electron chi connectivity index (χ1n) is 12.0. The molecule has 1 heterocycles. The number of imide groups is 1. The Bertz CT molecular complexity index is 1040. The van der Waals surface area contributed by atoms with E-state index in [1.807, 2.05) is 42.2 Å². The standard InChI is InChI=1S/C27H32Cl2F2N2O3/c1-17(18-11-6-5-7-12-18)32-21(15-8-9-16-22(30)31)25(34)33(26(35)36-27(2,3)4)24(32)23-19(28)13-10-14-20(23)29/h5-7,10-14,17,21-22,24H,8-9,15-16H2,1-4H3. The molecular formula is C27H32Cl2F2N2O3. The Morgan fingerprint density at radius 3 is 2.19 bits per heavy atom. The third-order valence-electron chi connectivity index (χ3n) is 6.14. The normalized spacial score (nSPS) is 19.7. The predicted molar refractivity (Wildman–Crippen MR) is 137 cm³/mol. The highest BCUT2D eigenvalue weighted by atomic mass is 35.5. The van der Waals surface area contributed by atoms with Crippen molar-refractivity contribution in [2.45, 2.75) is 83.7 Å². The van der Waals surface area contributed by atoms with Gasteiger partial charge in [0, 0.05) is 28.1 Å². The highest BCUT2D eigenvalue weighted by molar-refractivity contribution is 6.36. The van der Waals surface area contributed by atoms with E-state index in [0.29, 0.717) is 28.5 Å². The van der Waals surface area contributed by atoms with Crippen LogP contribution in [-0.2, 0) is 9.53 Å². The molecule has 196 valence electrons. The molecule has 2 amide bonds. The molecule has 3 atom stereocenters. The molecule has 1 aliphatic heterocycles. The van der Waals surface area contributed by atoms with E-state index in [1.165, 1.54) is 0 Å². The molecule has 9 heteroatoms. The van der Waals surface area contributed by atoms with Crippen molar-refractivity contribution < 1.29 is 23.1 Å². The van der Waals surface area contributed by atoms with Crippen molar-refractivity contribution in [3.05, 3.63) is 69.7 Å². The molecule has 0 N–H and O–H groups in total. The van der Waals surface area contributed by atoms with E-state index in [0.717, 1.165) is 10.5 Å². The van der Waals surface area contributed by atoms with Crippen molar-refractivity contribution in [3.63, 3.8) is 0 Å². The molecule has 0 aliphatic carbocycles. The second kappa shape index (κ2) is 11.9. The minimum absolute atomic E-state index is 0.245. The molecule has 0 aromatic heterocycles. The third kappa shape index (κ3) is 6.55. The zero-order chi connectivity index (χ0) is 26.6. The molecule has 1 fully saturated rings. The van der Waals surface area contributed by atoms with Gasteiger partial charge in [-0.25, -0.2) is 18.5 Å². The summed E-state index contributed by atoms with van der Waals surface area (Å²) in [7, 11) is 0. The van der Waals surface area contributed by atoms with Gasteiger partial charge in [-0.2, -0.15) is 0 Å². The van der Waals surface area contributed by atoms with Crippen LogP contribution in [0.3, 0.4) is 0 Å². The molecule has 3 unspecified atom stereocenters. The zero-order valence-corrected chi connectivity index (χ0v) is 22.4. The van der Waals surface area contributed by atoms with Crippen molar-refractivity contribution in [1.82, 2.24) is 9.80 Å². The van der Waals surface area contributed by atoms with Crippen molar-refractivity contribution >= 4 is 35.2 Å². The van der Waals surface area contributed by atoms with Gasteiger partial charge < -0.3 is 4.74 Å². The van der Waals surface area contributed by atoms with E-state index in [1.54, 1.807) is 39.0 Å². The van der Waals surface area contributed by atoms with E-state index in [9.17, 15) is 18.4 Å². The average molecular weight is 541 g/mol. The van der Waals surface area contributed by atoms with Gasteiger partial charge in [0.1, 0.15) is 11.8 Å². The van der Waals surface area contributed by atoms with Gasteiger partial charge >= 0.3 is 6.09 Å². The van der Waals surface area contributed by atoms with Gasteiger partial charge in [-0.1, -0.05) is 66.0 Å². The Morgan fingerprint density at radius 1 is 1.03 bits per heavy atom. The molecule has 3 rings (SSSR count). The van der Waals surface area contributed by atoms with Gasteiger partial charge in [-0.3, -0.25) is 9.69 Å². The van der Waals surface area contributed by atoms with E-state index < -0.39 is 36.2 Å². The maximum Gasteiger partial charge on any atom is 0.418 e. The number of ether oxygens (including phenoxy) is 1. The number of nitrogens with zero attached hydrogens (tertiary/aromatic N) is 2. The van der Waals surface area contributed by atoms with Gasteiger partial charge in [0.25, 0.3) is 5.91 Å². The molecule has 0 saturated carbocycles. The van der Waals surface area contributed by atoms with Crippen LogP contribution in [0.25, 0.3) is 0 Å². The van der Waals surface area contributed by atoms with Crippen LogP contribution >= 0.6 is 23.2 Å². The molecule has 36 heavy (non-hydrogen) atoms. The van der Waals surface area contributed by atoms with Gasteiger partial charge in [0.15, 0.2) is 0 Å². The molecule has 2 aromatic rings. The van der Waals surface area contributed by atoms with Gasteiger partial charge in [0.05, 0.1) is 6.04 Å². The number of unbranched alkanes of at least 4 members (excludes halogenated alkanes) is 1. The summed E-state index contributed by atoms with van der Waals surface area (Å²) in [6.45, 7) is 7.09.